The predicted octanol–water partition coefficient (Wildman–Crippen LogP) is 1.42. The molecule has 0 aromatic heterocycles. The molecular weight excluding hydrogens is 248 g/mol. The number of aliphatic carboxylic acids is 1. The highest BCUT2D eigenvalue weighted by atomic mass is 16.4. The van der Waals surface area contributed by atoms with Crippen LogP contribution in [0.15, 0.2) is 12.2 Å². The summed E-state index contributed by atoms with van der Waals surface area (Å²) in [5.41, 5.74) is 0. The van der Waals surface area contributed by atoms with E-state index in [2.05, 4.69) is 17.6 Å². The Labute approximate surface area is 112 Å². The maximum atomic E-state index is 11.6. The van der Waals surface area contributed by atoms with Crippen LogP contribution in [0.2, 0.25) is 0 Å². The minimum Gasteiger partial charge on any atom is -0.478 e. The molecule has 2 unspecified atom stereocenters. The average molecular weight is 268 g/mol. The molecule has 0 radical (unpaired) electrons. The fourth-order valence-corrected chi connectivity index (χ4v) is 2.39. The van der Waals surface area contributed by atoms with Crippen LogP contribution >= 0.6 is 0 Å². The van der Waals surface area contributed by atoms with Gasteiger partial charge in [-0.1, -0.05) is 26.2 Å². The van der Waals surface area contributed by atoms with Gasteiger partial charge in [0, 0.05) is 18.2 Å². The highest BCUT2D eigenvalue weighted by molar-refractivity contribution is 6.02. The summed E-state index contributed by atoms with van der Waals surface area (Å²) >= 11 is 0. The molecule has 0 aromatic carbocycles. The first-order valence-electron chi connectivity index (χ1n) is 6.55. The Kier molecular flexibility index (Phi) is 6.05. The second-order valence-electron chi connectivity index (χ2n) is 4.69. The van der Waals surface area contributed by atoms with Crippen LogP contribution in [-0.4, -0.2) is 29.1 Å². The molecule has 1 aliphatic carbocycles. The fourth-order valence-electron chi connectivity index (χ4n) is 2.39. The third-order valence-electron chi connectivity index (χ3n) is 3.36. The molecule has 3 N–H and O–H groups in total. The molecule has 3 amide bonds. The van der Waals surface area contributed by atoms with Crippen LogP contribution in [0.25, 0.3) is 0 Å². The molecule has 106 valence electrons. The van der Waals surface area contributed by atoms with E-state index in [9.17, 15) is 14.4 Å². The lowest BCUT2D eigenvalue weighted by atomic mass is 9.83. The van der Waals surface area contributed by atoms with E-state index in [1.165, 1.54) is 6.42 Å². The molecule has 1 aliphatic rings. The minimum atomic E-state index is -1.23. The third kappa shape index (κ3) is 5.54. The Morgan fingerprint density at radius 3 is 2.53 bits per heavy atom. The molecule has 0 saturated heterocycles. The van der Waals surface area contributed by atoms with Gasteiger partial charge in [-0.05, 0) is 18.8 Å². The highest BCUT2D eigenvalue weighted by Crippen LogP contribution is 2.26. The molecule has 19 heavy (non-hydrogen) atoms. The summed E-state index contributed by atoms with van der Waals surface area (Å²) in [5.74, 6) is -1.51. The molecular formula is C13H20N2O4. The van der Waals surface area contributed by atoms with Crippen molar-refractivity contribution >= 4 is 17.9 Å². The Morgan fingerprint density at radius 1 is 1.21 bits per heavy atom. The maximum Gasteiger partial charge on any atom is 0.328 e. The van der Waals surface area contributed by atoms with Crippen molar-refractivity contribution in [2.24, 2.45) is 5.92 Å². The Bertz CT molecular complexity index is 379. The van der Waals surface area contributed by atoms with Gasteiger partial charge < -0.3 is 10.4 Å². The van der Waals surface area contributed by atoms with E-state index in [0.29, 0.717) is 12.0 Å². The van der Waals surface area contributed by atoms with Gasteiger partial charge in [-0.3, -0.25) is 10.1 Å². The van der Waals surface area contributed by atoms with Crippen LogP contribution in [0.3, 0.4) is 0 Å². The minimum absolute atomic E-state index is 0.0926. The number of carbonyl (C=O) groups is 3. The predicted molar refractivity (Wildman–Crippen MR) is 69.5 cm³/mol. The molecule has 0 spiro atoms. The van der Waals surface area contributed by atoms with Gasteiger partial charge in [-0.2, -0.15) is 0 Å². The zero-order chi connectivity index (χ0) is 14.3. The Hall–Kier alpha value is -1.85. The summed E-state index contributed by atoms with van der Waals surface area (Å²) in [4.78, 5) is 33.1. The molecule has 1 rings (SSSR count). The van der Waals surface area contributed by atoms with E-state index in [1.807, 2.05) is 0 Å². The van der Waals surface area contributed by atoms with E-state index in [1.54, 1.807) is 0 Å². The van der Waals surface area contributed by atoms with E-state index < -0.39 is 17.9 Å². The van der Waals surface area contributed by atoms with Crippen LogP contribution in [0.1, 0.15) is 39.0 Å². The lowest BCUT2D eigenvalue weighted by Crippen LogP contribution is -2.48. The van der Waals surface area contributed by atoms with Crippen molar-refractivity contribution in [2.75, 3.05) is 0 Å². The number of nitrogens with one attached hydrogen (secondary N) is 2. The molecule has 1 saturated carbocycles. The van der Waals surface area contributed by atoms with Crippen molar-refractivity contribution in [3.63, 3.8) is 0 Å². The number of carbonyl (C=O) groups excluding carboxylic acids is 2. The summed E-state index contributed by atoms with van der Waals surface area (Å²) < 4.78 is 0. The molecule has 2 atom stereocenters. The highest BCUT2D eigenvalue weighted by Gasteiger charge is 2.25. The van der Waals surface area contributed by atoms with Gasteiger partial charge in [0.1, 0.15) is 0 Å². The van der Waals surface area contributed by atoms with E-state index in [0.717, 1.165) is 31.8 Å². The van der Waals surface area contributed by atoms with Crippen molar-refractivity contribution < 1.29 is 19.5 Å². The molecule has 0 aromatic rings. The van der Waals surface area contributed by atoms with Gasteiger partial charge in [0.05, 0.1) is 0 Å². The standard InChI is InChI=1S/C13H20N2O4/c1-2-9-5-3-4-6-10(9)14-13(19)15-11(16)7-8-12(17)18/h7-10H,2-6H2,1H3,(H,17,18)(H2,14,15,16,19). The van der Waals surface area contributed by atoms with Gasteiger partial charge in [0.25, 0.3) is 5.91 Å². The summed E-state index contributed by atoms with van der Waals surface area (Å²) in [5, 5.41) is 13.2. The van der Waals surface area contributed by atoms with E-state index >= 15 is 0 Å². The quantitative estimate of drug-likeness (QED) is 0.672. The van der Waals surface area contributed by atoms with Gasteiger partial charge in [0.15, 0.2) is 0 Å². The number of hydrogen-bond acceptors (Lipinski definition) is 3. The molecule has 6 nitrogen and oxygen atoms in total. The van der Waals surface area contributed by atoms with Crippen molar-refractivity contribution in [1.82, 2.24) is 10.6 Å². The zero-order valence-corrected chi connectivity index (χ0v) is 11.0. The molecule has 1 fully saturated rings. The van der Waals surface area contributed by atoms with Crippen LogP contribution in [0, 0.1) is 5.92 Å². The smallest absolute Gasteiger partial charge is 0.328 e. The van der Waals surface area contributed by atoms with E-state index in [-0.39, 0.29) is 6.04 Å². The van der Waals surface area contributed by atoms with Crippen LogP contribution in [-0.2, 0) is 9.59 Å². The summed E-state index contributed by atoms with van der Waals surface area (Å²) in [6.45, 7) is 2.09. The van der Waals surface area contributed by atoms with Crippen LogP contribution in [0.4, 0.5) is 4.79 Å². The molecule has 6 heteroatoms. The van der Waals surface area contributed by atoms with Gasteiger partial charge in [-0.25, -0.2) is 9.59 Å². The average Bonchev–Trinajstić information content (AvgIpc) is 2.37. The molecule has 0 heterocycles. The Morgan fingerprint density at radius 2 is 1.89 bits per heavy atom. The van der Waals surface area contributed by atoms with Crippen molar-refractivity contribution in [3.8, 4) is 0 Å². The second kappa shape index (κ2) is 7.56. The summed E-state index contributed by atoms with van der Waals surface area (Å²) in [6, 6.07) is -0.472. The topological polar surface area (TPSA) is 95.5 Å². The lowest BCUT2D eigenvalue weighted by Gasteiger charge is -2.31. The monoisotopic (exact) mass is 268 g/mol. The molecule has 0 bridgehead atoms. The van der Waals surface area contributed by atoms with Gasteiger partial charge in [0.2, 0.25) is 0 Å². The lowest BCUT2D eigenvalue weighted by molar-refractivity contribution is -0.131. The van der Waals surface area contributed by atoms with Gasteiger partial charge in [-0.15, -0.1) is 0 Å². The van der Waals surface area contributed by atoms with Crippen LogP contribution in [0.5, 0.6) is 0 Å². The number of rotatable bonds is 4. The Balaban J connectivity index is 2.41. The van der Waals surface area contributed by atoms with Crippen molar-refractivity contribution in [2.45, 2.75) is 45.1 Å². The SMILES string of the molecule is CCC1CCCCC1NC(=O)NC(=O)C=CC(=O)O. The zero-order valence-electron chi connectivity index (χ0n) is 11.0. The van der Waals surface area contributed by atoms with Crippen molar-refractivity contribution in [3.05, 3.63) is 12.2 Å². The number of hydrogen-bond donors (Lipinski definition) is 3. The number of carboxylic acid groups (broad SMARTS) is 1. The third-order valence-corrected chi connectivity index (χ3v) is 3.36. The fraction of sp³-hybridized carbons (Fsp3) is 0.615. The first-order chi connectivity index (χ1) is 9.02. The second-order valence-corrected chi connectivity index (χ2v) is 4.69. The normalized spacial score (nSPS) is 23.0. The van der Waals surface area contributed by atoms with Gasteiger partial charge >= 0.3 is 12.0 Å². The number of urea groups is 1. The van der Waals surface area contributed by atoms with Crippen LogP contribution < -0.4 is 10.6 Å². The van der Waals surface area contributed by atoms with E-state index in [4.69, 9.17) is 5.11 Å². The number of carboxylic acids is 1. The summed E-state index contributed by atoms with van der Waals surface area (Å²) in [7, 11) is 0. The first-order valence-corrected chi connectivity index (χ1v) is 6.55. The molecule has 0 aliphatic heterocycles. The summed E-state index contributed by atoms with van der Waals surface area (Å²) in [6.07, 6.45) is 6.78. The van der Waals surface area contributed by atoms with Crippen molar-refractivity contribution in [1.29, 1.82) is 0 Å². The number of amides is 3. The number of imide groups is 1. The maximum absolute atomic E-state index is 11.6. The first kappa shape index (κ1) is 15.2. The largest absolute Gasteiger partial charge is 0.478 e.